The van der Waals surface area contributed by atoms with Crippen LogP contribution in [-0.2, 0) is 42.7 Å². The number of anilines is 5. The first kappa shape index (κ1) is 81.8. The highest BCUT2D eigenvalue weighted by atomic mass is 16.8. The van der Waals surface area contributed by atoms with Gasteiger partial charge in [0, 0.05) is 76.1 Å². The van der Waals surface area contributed by atoms with Crippen LogP contribution in [0.5, 0.6) is 11.5 Å². The van der Waals surface area contributed by atoms with Gasteiger partial charge in [-0.3, -0.25) is 9.59 Å². The van der Waals surface area contributed by atoms with E-state index in [-0.39, 0.29) is 34.2 Å². The van der Waals surface area contributed by atoms with Crippen molar-refractivity contribution in [1.29, 1.82) is 0 Å². The van der Waals surface area contributed by atoms with E-state index in [4.69, 9.17) is 80.1 Å². The van der Waals surface area contributed by atoms with E-state index in [9.17, 15) is 33.9 Å². The molecule has 3 aromatic carbocycles. The van der Waals surface area contributed by atoms with E-state index in [2.05, 4.69) is 32.8 Å². The van der Waals surface area contributed by atoms with E-state index in [1.54, 1.807) is 76.5 Å². The SMILES string of the molecule is CC.CC.CC(C)N.CCCCN.CNC(=O)O[C@@H]1[C@H](O)C(Oc2ccc3cc(NC(C)=O)c(=O)oc3c2)OC(C)(C)[C@@H]1OC.CO[C@@H]1C2OC(=O)O[C@@H]2C(Oc2ccc3cc(NC(C)=O)c(=O)oc3c2)OC1(C)C.Nc1ccc[nH]1.Nc1ccccc1.Nc1ccccn1. The van der Waals surface area contributed by atoms with Gasteiger partial charge < -0.3 is 106 Å². The molecule has 3 fully saturated rings. The molecule has 7 heterocycles. The Labute approximate surface area is 554 Å². The molecular formula is C67H98N10O18. The largest absolute Gasteiger partial charge is 0.509 e. The molecule has 3 aliphatic rings. The molecule has 524 valence electrons. The Morgan fingerprint density at radius 3 is 1.54 bits per heavy atom. The molecule has 10 rings (SSSR count). The van der Waals surface area contributed by atoms with Crippen LogP contribution in [0.2, 0.25) is 0 Å². The van der Waals surface area contributed by atoms with Crippen molar-refractivity contribution in [2.75, 3.05) is 55.6 Å². The lowest BCUT2D eigenvalue weighted by atomic mass is 9.89. The van der Waals surface area contributed by atoms with Gasteiger partial charge in [-0.25, -0.2) is 24.2 Å². The van der Waals surface area contributed by atoms with Crippen LogP contribution in [0.1, 0.15) is 103 Å². The maximum atomic E-state index is 12.1. The summed E-state index contributed by atoms with van der Waals surface area (Å²) in [4.78, 5) is 76.6. The number of nitrogens with two attached hydrogens (primary N) is 5. The molecule has 4 aromatic heterocycles. The summed E-state index contributed by atoms with van der Waals surface area (Å²) in [7, 11) is 4.32. The van der Waals surface area contributed by atoms with Gasteiger partial charge in [0.15, 0.2) is 18.3 Å². The Bertz CT molecular complexity index is 3460. The van der Waals surface area contributed by atoms with Crippen molar-refractivity contribution in [2.24, 2.45) is 11.5 Å². The normalized spacial score (nSPS) is 19.6. The summed E-state index contributed by atoms with van der Waals surface area (Å²) in [6.45, 7) is 24.5. The highest BCUT2D eigenvalue weighted by Crippen LogP contribution is 2.39. The number of fused-ring (bicyclic) bond motifs is 3. The molecule has 8 atom stereocenters. The number of amides is 3. The molecule has 3 saturated heterocycles. The number of carbonyl (C=O) groups excluding carboxylic acids is 4. The fourth-order valence-electron chi connectivity index (χ4n) is 8.69. The van der Waals surface area contributed by atoms with E-state index in [0.29, 0.717) is 28.4 Å². The molecule has 15 N–H and O–H groups in total. The van der Waals surface area contributed by atoms with Crippen LogP contribution in [0.3, 0.4) is 0 Å². The van der Waals surface area contributed by atoms with Gasteiger partial charge in [0.2, 0.25) is 30.5 Å². The predicted octanol–water partition coefficient (Wildman–Crippen LogP) is 9.23. The van der Waals surface area contributed by atoms with E-state index >= 15 is 0 Å². The van der Waals surface area contributed by atoms with Crippen LogP contribution in [0.25, 0.3) is 21.9 Å². The monoisotopic (exact) mass is 1330 g/mol. The molecular weight excluding hydrogens is 1230 g/mol. The van der Waals surface area contributed by atoms with Gasteiger partial charge in [-0.15, -0.1) is 0 Å². The first-order valence-electron chi connectivity index (χ1n) is 30.8. The number of nitrogen functional groups attached to an aromatic ring is 3. The number of rotatable bonds is 11. The van der Waals surface area contributed by atoms with Crippen LogP contribution >= 0.6 is 0 Å². The molecule has 0 spiro atoms. The standard InChI is InChI=1S/C21H26N2O9.C20H21NO9.C6H7N.C5H6N2.C4H6N2.C4H11N.C3H9N.2C2H6/c1-10(24)23-13-8-11-6-7-12(9-14(11)30-18(13)26)29-19-15(25)16(31-20(27)22-4)17(28-5)21(2,3)32-19;1-9(22)21-12-7-10-5-6-11(8-13(10)27-17(12)23)26-18-15-14(28-19(24)29-15)16(25-4)20(2,3)30-18;7-6-4-2-1-3-5-6;6-5-3-1-2-4-7-5;5-4-2-1-3-6-4;1-2-3-4-5;1-3(2)4;2*1-2/h6-9,15-17,19,25H,1-5H3,(H,22,27)(H,23,24);5-8,14-16,18H,1-4H3,(H,21,22);1-5H,7H2;1-4H,(H2,6,7);1-3,6H,5H2;2-5H2,1H3;3H,4H2,1-2H3;2*1-2H3/t15-,16+,17+,19?;14?,15-,16+,18?;;;;;;;/m00......./s1. The van der Waals surface area contributed by atoms with Crippen molar-refractivity contribution in [3.05, 3.63) is 142 Å². The zero-order valence-electron chi connectivity index (χ0n) is 57.1. The Kier molecular flexibility index (Phi) is 35.7. The number of hydrogen-bond donors (Lipinski definition) is 10. The summed E-state index contributed by atoms with van der Waals surface area (Å²) < 4.78 is 60.8. The van der Waals surface area contributed by atoms with Crippen molar-refractivity contribution in [2.45, 2.75) is 169 Å². The maximum Gasteiger partial charge on any atom is 0.509 e. The minimum Gasteiger partial charge on any atom is -0.462 e. The molecule has 0 aliphatic carbocycles. The summed E-state index contributed by atoms with van der Waals surface area (Å²) in [6, 6.07) is 31.4. The molecule has 28 heteroatoms. The van der Waals surface area contributed by atoms with Gasteiger partial charge in [0.25, 0.3) is 0 Å². The third-order valence-electron chi connectivity index (χ3n) is 12.6. The Balaban J connectivity index is 0.000000439. The number of alkyl carbamates (subject to hydrolysis) is 1. The summed E-state index contributed by atoms with van der Waals surface area (Å²) in [5.74, 6) is 1.08. The highest BCUT2D eigenvalue weighted by molar-refractivity contribution is 5.92. The van der Waals surface area contributed by atoms with Gasteiger partial charge in [0.05, 0.1) is 11.2 Å². The molecule has 3 unspecified atom stereocenters. The number of nitrogens with zero attached hydrogens (tertiary/aromatic N) is 1. The molecule has 0 bridgehead atoms. The smallest absolute Gasteiger partial charge is 0.462 e. The molecule has 7 aromatic rings. The quantitative estimate of drug-likeness (QED) is 0.0327. The van der Waals surface area contributed by atoms with E-state index in [0.717, 1.165) is 18.1 Å². The Morgan fingerprint density at radius 2 is 1.17 bits per heavy atom. The fourth-order valence-corrected chi connectivity index (χ4v) is 8.69. The molecule has 3 aliphatic heterocycles. The topological polar surface area (TPSA) is 427 Å². The lowest BCUT2D eigenvalue weighted by molar-refractivity contribution is -0.304. The van der Waals surface area contributed by atoms with Crippen molar-refractivity contribution >= 4 is 74.7 Å². The second-order valence-electron chi connectivity index (χ2n) is 21.6. The van der Waals surface area contributed by atoms with Crippen LogP contribution in [0.15, 0.2) is 140 Å². The van der Waals surface area contributed by atoms with Crippen molar-refractivity contribution in [1.82, 2.24) is 15.3 Å². The lowest BCUT2D eigenvalue weighted by Gasteiger charge is -2.47. The van der Waals surface area contributed by atoms with E-state index in [1.807, 2.05) is 90.1 Å². The van der Waals surface area contributed by atoms with Crippen LogP contribution in [-0.4, -0.2) is 133 Å². The predicted molar refractivity (Wildman–Crippen MR) is 365 cm³/mol. The van der Waals surface area contributed by atoms with Gasteiger partial charge in [-0.1, -0.05) is 79.2 Å². The number of hydrogen-bond acceptors (Lipinski definition) is 24. The van der Waals surface area contributed by atoms with Crippen molar-refractivity contribution in [3.8, 4) is 11.5 Å². The number of ether oxygens (including phenoxy) is 9. The lowest BCUT2D eigenvalue weighted by Crippen LogP contribution is -2.65. The number of para-hydroxylation sites is 1. The highest BCUT2D eigenvalue weighted by Gasteiger charge is 2.59. The summed E-state index contributed by atoms with van der Waals surface area (Å²) >= 11 is 0. The number of unbranched alkanes of at least 4 members (excludes halogenated alkanes) is 1. The van der Waals surface area contributed by atoms with Crippen LogP contribution in [0.4, 0.5) is 38.3 Å². The zero-order valence-corrected chi connectivity index (χ0v) is 57.1. The molecule has 95 heavy (non-hydrogen) atoms. The van der Waals surface area contributed by atoms with Gasteiger partial charge in [-0.2, -0.15) is 0 Å². The van der Waals surface area contributed by atoms with E-state index < -0.39 is 89.8 Å². The number of aliphatic hydroxyl groups is 1. The van der Waals surface area contributed by atoms with Crippen LogP contribution < -0.4 is 65.3 Å². The van der Waals surface area contributed by atoms with E-state index in [1.165, 1.54) is 72.2 Å². The zero-order chi connectivity index (χ0) is 71.6. The molecule has 3 amide bonds. The van der Waals surface area contributed by atoms with Gasteiger partial charge >= 0.3 is 23.5 Å². The number of pyridine rings is 1. The molecule has 0 saturated carbocycles. The number of carbonyl (C=O) groups is 4. The first-order chi connectivity index (χ1) is 45.1. The second kappa shape index (κ2) is 41.4. The average molecular weight is 1330 g/mol. The number of aliphatic hydroxyl groups excluding tert-OH is 1. The number of nitrogens with one attached hydrogen (secondary N) is 4. The number of aromatic nitrogens is 2. The van der Waals surface area contributed by atoms with Gasteiger partial charge in [0.1, 0.15) is 57.9 Å². The number of benzene rings is 3. The second-order valence-corrected chi connectivity index (χ2v) is 21.6. The first-order valence-corrected chi connectivity index (χ1v) is 30.8. The Hall–Kier alpha value is -9.29. The third-order valence-corrected chi connectivity index (χ3v) is 12.6. The summed E-state index contributed by atoms with van der Waals surface area (Å²) in [5.41, 5.74) is 24.2. The molecule has 28 nitrogen and oxygen atoms in total. The Morgan fingerprint density at radius 1 is 0.684 bits per heavy atom. The summed E-state index contributed by atoms with van der Waals surface area (Å²) in [5, 5.41) is 19.1. The van der Waals surface area contributed by atoms with Gasteiger partial charge in [-0.05, 0) is 119 Å². The number of aromatic amines is 1. The minimum atomic E-state index is -1.38. The number of methoxy groups -OCH3 is 2. The van der Waals surface area contributed by atoms with Crippen molar-refractivity contribution in [3.63, 3.8) is 0 Å². The summed E-state index contributed by atoms with van der Waals surface area (Å²) in [6.07, 6.45) is -3.21. The fraction of sp³-hybridized carbons (Fsp3) is 0.448. The third kappa shape index (κ3) is 27.3. The van der Waals surface area contributed by atoms with Crippen molar-refractivity contribution < 1.29 is 75.8 Å². The minimum absolute atomic E-state index is 0.0197. The number of H-pyrrole nitrogens is 1. The molecule has 0 radical (unpaired) electrons. The van der Waals surface area contributed by atoms with Crippen LogP contribution in [0, 0.1) is 0 Å². The average Bonchev–Trinajstić information content (AvgIpc) is 1.74. The maximum absolute atomic E-state index is 12.1.